The highest BCUT2D eigenvalue weighted by molar-refractivity contribution is 6.02. The number of fused-ring (bicyclic) bond motifs is 1. The topological polar surface area (TPSA) is 71.3 Å². The van der Waals surface area contributed by atoms with Crippen LogP contribution in [0.1, 0.15) is 49.5 Å². The monoisotopic (exact) mass is 404 g/mol. The van der Waals surface area contributed by atoms with E-state index in [-0.39, 0.29) is 23.8 Å². The van der Waals surface area contributed by atoms with Gasteiger partial charge < -0.3 is 10.4 Å². The van der Waals surface area contributed by atoms with E-state index in [1.807, 2.05) is 37.3 Å². The van der Waals surface area contributed by atoms with E-state index in [0.29, 0.717) is 16.5 Å². The van der Waals surface area contributed by atoms with Crippen LogP contribution in [0.25, 0.3) is 10.8 Å². The summed E-state index contributed by atoms with van der Waals surface area (Å²) in [6.07, 6.45) is 6.41. The normalized spacial score (nSPS) is 15.8. The Morgan fingerprint density at radius 2 is 1.87 bits per heavy atom. The summed E-state index contributed by atoms with van der Waals surface area (Å²) < 4.78 is 1.44. The minimum absolute atomic E-state index is 0.117. The molecule has 0 spiro atoms. The Kier molecular flexibility index (Phi) is 6.00. The first kappa shape index (κ1) is 20.4. The Bertz CT molecular complexity index is 1110. The maximum Gasteiger partial charge on any atom is 0.260 e. The molecule has 156 valence electrons. The van der Waals surface area contributed by atoms with Gasteiger partial charge in [0.1, 0.15) is 6.23 Å². The number of anilines is 1. The highest BCUT2D eigenvalue weighted by Gasteiger charge is 2.24. The molecule has 30 heavy (non-hydrogen) atoms. The molecule has 1 saturated carbocycles. The van der Waals surface area contributed by atoms with Crippen LogP contribution in [-0.2, 0) is 11.2 Å². The van der Waals surface area contributed by atoms with Crippen molar-refractivity contribution in [3.63, 3.8) is 0 Å². The van der Waals surface area contributed by atoms with E-state index >= 15 is 0 Å². The Morgan fingerprint density at radius 3 is 2.63 bits per heavy atom. The largest absolute Gasteiger partial charge is 0.373 e. The molecule has 1 heterocycles. The summed E-state index contributed by atoms with van der Waals surface area (Å²) in [5, 5.41) is 14.9. The van der Waals surface area contributed by atoms with Gasteiger partial charge in [-0.15, -0.1) is 0 Å². The predicted octanol–water partition coefficient (Wildman–Crippen LogP) is 4.56. The SMILES string of the molecule is Cc1cccc(CC(=O)Nc2cccc3c(=O)n(C(O)C4CCCCC4)ccc23)c1. The molecule has 0 saturated heterocycles. The quantitative estimate of drug-likeness (QED) is 0.655. The lowest BCUT2D eigenvalue weighted by Crippen LogP contribution is -2.30. The van der Waals surface area contributed by atoms with E-state index in [9.17, 15) is 14.7 Å². The van der Waals surface area contributed by atoms with Crippen LogP contribution in [0.4, 0.5) is 5.69 Å². The molecule has 4 rings (SSSR count). The van der Waals surface area contributed by atoms with Crippen LogP contribution in [0, 0.1) is 12.8 Å². The number of nitrogens with zero attached hydrogens (tertiary/aromatic N) is 1. The second-order valence-corrected chi connectivity index (χ2v) is 8.32. The Balaban J connectivity index is 1.58. The zero-order chi connectivity index (χ0) is 21.1. The fourth-order valence-corrected chi connectivity index (χ4v) is 4.47. The number of aliphatic hydroxyl groups excluding tert-OH is 1. The second kappa shape index (κ2) is 8.84. The highest BCUT2D eigenvalue weighted by Crippen LogP contribution is 2.31. The van der Waals surface area contributed by atoms with Crippen LogP contribution in [-0.4, -0.2) is 15.6 Å². The van der Waals surface area contributed by atoms with Gasteiger partial charge in [-0.25, -0.2) is 0 Å². The Hall–Kier alpha value is -2.92. The number of benzene rings is 2. The van der Waals surface area contributed by atoms with Crippen LogP contribution in [0.3, 0.4) is 0 Å². The standard InChI is InChI=1S/C25H28N2O3/c1-17-7-5-8-18(15-17)16-23(28)26-22-12-6-11-21-20(22)13-14-27(25(21)30)24(29)19-9-3-2-4-10-19/h5-8,11-15,19,24,29H,2-4,9-10,16H2,1H3,(H,26,28). The maximum atomic E-state index is 13.1. The number of hydrogen-bond acceptors (Lipinski definition) is 3. The van der Waals surface area contributed by atoms with Gasteiger partial charge in [0.15, 0.2) is 0 Å². The van der Waals surface area contributed by atoms with Gasteiger partial charge in [0, 0.05) is 28.6 Å². The summed E-state index contributed by atoms with van der Waals surface area (Å²) in [6.45, 7) is 2.00. The molecule has 1 amide bonds. The first-order valence-electron chi connectivity index (χ1n) is 10.7. The smallest absolute Gasteiger partial charge is 0.260 e. The molecule has 5 heteroatoms. The average molecular weight is 405 g/mol. The first-order valence-corrected chi connectivity index (χ1v) is 10.7. The fourth-order valence-electron chi connectivity index (χ4n) is 4.47. The minimum Gasteiger partial charge on any atom is -0.373 e. The van der Waals surface area contributed by atoms with E-state index < -0.39 is 6.23 Å². The number of carbonyl (C=O) groups excluding carboxylic acids is 1. The summed E-state index contributed by atoms with van der Waals surface area (Å²) in [7, 11) is 0. The fraction of sp³-hybridized carbons (Fsp3) is 0.360. The lowest BCUT2D eigenvalue weighted by Gasteiger charge is -2.28. The van der Waals surface area contributed by atoms with Crippen LogP contribution in [0.5, 0.6) is 0 Å². The van der Waals surface area contributed by atoms with Gasteiger partial charge in [0.05, 0.1) is 6.42 Å². The molecule has 5 nitrogen and oxygen atoms in total. The first-order chi connectivity index (χ1) is 14.5. The molecule has 1 atom stereocenters. The van der Waals surface area contributed by atoms with E-state index in [1.54, 1.807) is 24.4 Å². The van der Waals surface area contributed by atoms with Crippen molar-refractivity contribution in [1.82, 2.24) is 4.57 Å². The third-order valence-electron chi connectivity index (χ3n) is 6.05. The second-order valence-electron chi connectivity index (χ2n) is 8.32. The molecule has 2 N–H and O–H groups in total. The molecule has 1 aliphatic carbocycles. The number of aryl methyl sites for hydroxylation is 1. The van der Waals surface area contributed by atoms with E-state index in [0.717, 1.165) is 36.8 Å². The Morgan fingerprint density at radius 1 is 1.10 bits per heavy atom. The van der Waals surface area contributed by atoms with Gasteiger partial charge in [-0.2, -0.15) is 0 Å². The van der Waals surface area contributed by atoms with E-state index in [4.69, 9.17) is 0 Å². The maximum absolute atomic E-state index is 13.1. The molecule has 0 bridgehead atoms. The number of amides is 1. The van der Waals surface area contributed by atoms with Crippen molar-refractivity contribution < 1.29 is 9.90 Å². The number of aliphatic hydroxyl groups is 1. The summed E-state index contributed by atoms with van der Waals surface area (Å²) in [4.78, 5) is 25.6. The van der Waals surface area contributed by atoms with Crippen LogP contribution in [0.2, 0.25) is 0 Å². The van der Waals surface area contributed by atoms with Crippen LogP contribution < -0.4 is 10.9 Å². The molecule has 1 unspecified atom stereocenters. The lowest BCUT2D eigenvalue weighted by atomic mass is 9.88. The van der Waals surface area contributed by atoms with Crippen molar-refractivity contribution in [2.45, 2.75) is 51.7 Å². The van der Waals surface area contributed by atoms with Crippen molar-refractivity contribution in [3.8, 4) is 0 Å². The predicted molar refractivity (Wildman–Crippen MR) is 120 cm³/mol. The number of aromatic nitrogens is 1. The molecular weight excluding hydrogens is 376 g/mol. The molecular formula is C25H28N2O3. The Labute approximate surface area is 176 Å². The van der Waals surface area contributed by atoms with Gasteiger partial charge >= 0.3 is 0 Å². The molecule has 1 fully saturated rings. The summed E-state index contributed by atoms with van der Waals surface area (Å²) in [5.41, 5.74) is 2.45. The van der Waals surface area contributed by atoms with E-state index in [2.05, 4.69) is 5.32 Å². The highest BCUT2D eigenvalue weighted by atomic mass is 16.3. The minimum atomic E-state index is -0.804. The van der Waals surface area contributed by atoms with Crippen molar-refractivity contribution in [3.05, 3.63) is 76.2 Å². The average Bonchev–Trinajstić information content (AvgIpc) is 2.74. The van der Waals surface area contributed by atoms with Crippen LogP contribution in [0.15, 0.2) is 59.5 Å². The number of pyridine rings is 1. The molecule has 1 aliphatic rings. The van der Waals surface area contributed by atoms with Crippen molar-refractivity contribution >= 4 is 22.4 Å². The van der Waals surface area contributed by atoms with Crippen molar-refractivity contribution in [2.24, 2.45) is 5.92 Å². The zero-order valence-electron chi connectivity index (χ0n) is 17.3. The number of rotatable bonds is 5. The van der Waals surface area contributed by atoms with Gasteiger partial charge in [-0.1, -0.05) is 55.2 Å². The molecule has 0 radical (unpaired) electrons. The van der Waals surface area contributed by atoms with Gasteiger partial charge in [0.2, 0.25) is 5.91 Å². The van der Waals surface area contributed by atoms with Crippen molar-refractivity contribution in [2.75, 3.05) is 5.32 Å². The summed E-state index contributed by atoms with van der Waals surface area (Å²) in [5.74, 6) is -0.00867. The lowest BCUT2D eigenvalue weighted by molar-refractivity contribution is -0.115. The van der Waals surface area contributed by atoms with Gasteiger partial charge in [-0.05, 0) is 43.5 Å². The molecule has 0 aliphatic heterocycles. The molecule has 2 aromatic carbocycles. The summed E-state index contributed by atoms with van der Waals surface area (Å²) in [6, 6.07) is 15.0. The number of nitrogens with one attached hydrogen (secondary N) is 1. The van der Waals surface area contributed by atoms with Crippen LogP contribution >= 0.6 is 0 Å². The van der Waals surface area contributed by atoms with Crippen molar-refractivity contribution in [1.29, 1.82) is 0 Å². The molecule has 3 aromatic rings. The molecule has 1 aromatic heterocycles. The third kappa shape index (κ3) is 4.31. The van der Waals surface area contributed by atoms with Gasteiger partial charge in [0.25, 0.3) is 5.56 Å². The van der Waals surface area contributed by atoms with E-state index in [1.165, 1.54) is 11.0 Å². The number of hydrogen-bond donors (Lipinski definition) is 2. The van der Waals surface area contributed by atoms with Gasteiger partial charge in [-0.3, -0.25) is 14.2 Å². The zero-order valence-corrected chi connectivity index (χ0v) is 17.3. The number of carbonyl (C=O) groups is 1. The summed E-state index contributed by atoms with van der Waals surface area (Å²) >= 11 is 0. The third-order valence-corrected chi connectivity index (χ3v) is 6.05.